The van der Waals surface area contributed by atoms with Crippen LogP contribution < -0.4 is 4.74 Å². The molecule has 0 atom stereocenters. The molecule has 0 spiro atoms. The van der Waals surface area contributed by atoms with Crippen LogP contribution in [0.2, 0.25) is 0 Å². The molecule has 7 nitrogen and oxygen atoms in total. The summed E-state index contributed by atoms with van der Waals surface area (Å²) in [6.45, 7) is 5.13. The van der Waals surface area contributed by atoms with Crippen molar-refractivity contribution in [2.75, 3.05) is 33.3 Å². The van der Waals surface area contributed by atoms with Crippen molar-refractivity contribution in [3.8, 4) is 5.75 Å². The van der Waals surface area contributed by atoms with E-state index in [-0.39, 0.29) is 17.5 Å². The molecule has 0 aliphatic carbocycles. The maximum atomic E-state index is 14.0. The molecule has 9 heteroatoms. The van der Waals surface area contributed by atoms with Crippen LogP contribution in [0.3, 0.4) is 0 Å². The molecule has 0 unspecified atom stereocenters. The van der Waals surface area contributed by atoms with Crippen LogP contribution in [0.4, 0.5) is 4.39 Å². The summed E-state index contributed by atoms with van der Waals surface area (Å²) in [5.41, 5.74) is 1.57. The number of benzene rings is 2. The first-order chi connectivity index (χ1) is 15.5. The van der Waals surface area contributed by atoms with Crippen LogP contribution in [0.25, 0.3) is 0 Å². The van der Waals surface area contributed by atoms with Gasteiger partial charge < -0.3 is 14.2 Å². The number of hydrogen-bond acceptors (Lipinski definition) is 7. The van der Waals surface area contributed by atoms with Crippen LogP contribution in [0.15, 0.2) is 51.9 Å². The van der Waals surface area contributed by atoms with Crippen molar-refractivity contribution in [3.05, 3.63) is 71.1 Å². The van der Waals surface area contributed by atoms with Gasteiger partial charge in [0.15, 0.2) is 17.4 Å². The number of methoxy groups -OCH3 is 1. The monoisotopic (exact) mass is 456 g/mol. The lowest BCUT2D eigenvalue weighted by Crippen LogP contribution is -2.48. The van der Waals surface area contributed by atoms with E-state index in [0.29, 0.717) is 42.7 Å². The molecule has 1 aromatic heterocycles. The van der Waals surface area contributed by atoms with Crippen LogP contribution in [0.1, 0.15) is 27.6 Å². The van der Waals surface area contributed by atoms with Crippen molar-refractivity contribution in [3.63, 3.8) is 0 Å². The van der Waals surface area contributed by atoms with Crippen LogP contribution in [-0.2, 0) is 12.3 Å². The first-order valence-corrected chi connectivity index (χ1v) is 11.4. The van der Waals surface area contributed by atoms with E-state index in [1.165, 1.54) is 24.9 Å². The first-order valence-electron chi connectivity index (χ1n) is 10.4. The van der Waals surface area contributed by atoms with Gasteiger partial charge in [0.25, 0.3) is 5.91 Å². The predicted molar refractivity (Wildman–Crippen MR) is 119 cm³/mol. The Kier molecular flexibility index (Phi) is 7.06. The molecule has 0 bridgehead atoms. The summed E-state index contributed by atoms with van der Waals surface area (Å²) in [6.07, 6.45) is 0. The Morgan fingerprint density at radius 3 is 2.66 bits per heavy atom. The van der Waals surface area contributed by atoms with Gasteiger partial charge in [0.1, 0.15) is 0 Å². The van der Waals surface area contributed by atoms with E-state index in [4.69, 9.17) is 9.26 Å². The number of aromatic nitrogens is 2. The van der Waals surface area contributed by atoms with Gasteiger partial charge in [-0.05, 0) is 36.8 Å². The van der Waals surface area contributed by atoms with Crippen molar-refractivity contribution in [1.82, 2.24) is 19.9 Å². The van der Waals surface area contributed by atoms with E-state index in [9.17, 15) is 9.18 Å². The number of rotatable bonds is 7. The minimum atomic E-state index is -0.358. The maximum Gasteiger partial charge on any atom is 0.255 e. The Labute approximate surface area is 190 Å². The molecule has 1 aliphatic heterocycles. The number of piperazine rings is 1. The van der Waals surface area contributed by atoms with E-state index in [2.05, 4.69) is 15.0 Å². The average Bonchev–Trinajstić information content (AvgIpc) is 3.23. The summed E-state index contributed by atoms with van der Waals surface area (Å²) < 4.78 is 24.1. The minimum Gasteiger partial charge on any atom is -0.494 e. The third kappa shape index (κ3) is 5.28. The van der Waals surface area contributed by atoms with E-state index in [1.807, 2.05) is 35.2 Å². The average molecular weight is 457 g/mol. The zero-order chi connectivity index (χ0) is 22.5. The minimum absolute atomic E-state index is 0.0185. The van der Waals surface area contributed by atoms with Gasteiger partial charge in [-0.3, -0.25) is 9.69 Å². The number of amides is 1. The third-order valence-electron chi connectivity index (χ3n) is 5.32. The molecule has 1 amide bonds. The molecule has 168 valence electrons. The highest BCUT2D eigenvalue weighted by molar-refractivity contribution is 7.98. The molecular weight excluding hydrogens is 431 g/mol. The predicted octanol–water partition coefficient (Wildman–Crippen LogP) is 3.78. The van der Waals surface area contributed by atoms with Gasteiger partial charge in [-0.25, -0.2) is 4.39 Å². The standard InChI is InChI=1S/C23H25FN4O3S/c1-16-25-22(31-26-16)15-32-21-6-4-3-5-18(21)23(29)28-11-9-27(10-12-28)14-17-7-8-20(30-2)19(24)13-17/h3-8,13H,9-12,14-15H2,1-2H3. The number of halogens is 1. The Morgan fingerprint density at radius 2 is 1.97 bits per heavy atom. The summed E-state index contributed by atoms with van der Waals surface area (Å²) in [6, 6.07) is 12.6. The van der Waals surface area contributed by atoms with Crippen molar-refractivity contribution in [2.24, 2.45) is 0 Å². The number of aryl methyl sites for hydroxylation is 1. The van der Waals surface area contributed by atoms with Crippen molar-refractivity contribution in [1.29, 1.82) is 0 Å². The molecule has 2 heterocycles. The van der Waals surface area contributed by atoms with Crippen molar-refractivity contribution >= 4 is 17.7 Å². The van der Waals surface area contributed by atoms with Gasteiger partial charge in [-0.15, -0.1) is 11.8 Å². The fourth-order valence-corrected chi connectivity index (χ4v) is 4.54. The smallest absolute Gasteiger partial charge is 0.255 e. The summed E-state index contributed by atoms with van der Waals surface area (Å²) in [5.74, 6) is 1.55. The number of ether oxygens (including phenoxy) is 1. The Morgan fingerprint density at radius 1 is 1.19 bits per heavy atom. The molecule has 0 radical (unpaired) electrons. The number of hydrogen-bond donors (Lipinski definition) is 0. The van der Waals surface area contributed by atoms with Crippen LogP contribution >= 0.6 is 11.8 Å². The lowest BCUT2D eigenvalue weighted by Gasteiger charge is -2.35. The molecule has 32 heavy (non-hydrogen) atoms. The summed E-state index contributed by atoms with van der Waals surface area (Å²) in [5, 5.41) is 3.80. The maximum absolute atomic E-state index is 14.0. The fraction of sp³-hybridized carbons (Fsp3) is 0.348. The number of carbonyl (C=O) groups is 1. The van der Waals surface area contributed by atoms with E-state index in [1.54, 1.807) is 13.0 Å². The molecular formula is C23H25FN4O3S. The van der Waals surface area contributed by atoms with E-state index >= 15 is 0 Å². The quantitative estimate of drug-likeness (QED) is 0.501. The Bertz CT molecular complexity index is 1080. The summed E-state index contributed by atoms with van der Waals surface area (Å²) in [7, 11) is 1.46. The molecule has 3 aromatic rings. The Balaban J connectivity index is 1.35. The molecule has 1 fully saturated rings. The second kappa shape index (κ2) is 10.1. The van der Waals surface area contributed by atoms with Crippen LogP contribution in [0, 0.1) is 12.7 Å². The highest BCUT2D eigenvalue weighted by Gasteiger charge is 2.24. The lowest BCUT2D eigenvalue weighted by molar-refractivity contribution is 0.0625. The zero-order valence-electron chi connectivity index (χ0n) is 18.1. The number of carbonyl (C=O) groups excluding carboxylic acids is 1. The van der Waals surface area contributed by atoms with Gasteiger partial charge in [0, 0.05) is 37.6 Å². The topological polar surface area (TPSA) is 71.7 Å². The largest absolute Gasteiger partial charge is 0.494 e. The van der Waals surface area contributed by atoms with Crippen molar-refractivity contribution < 1.29 is 18.4 Å². The van der Waals surface area contributed by atoms with Gasteiger partial charge in [0.05, 0.1) is 18.4 Å². The normalized spacial score (nSPS) is 14.5. The fourth-order valence-electron chi connectivity index (χ4n) is 3.65. The second-order valence-electron chi connectivity index (χ2n) is 7.56. The molecule has 2 aromatic carbocycles. The third-order valence-corrected chi connectivity index (χ3v) is 6.38. The summed E-state index contributed by atoms with van der Waals surface area (Å²) in [4.78, 5) is 22.4. The first kappa shape index (κ1) is 22.3. The molecule has 1 saturated heterocycles. The zero-order valence-corrected chi connectivity index (χ0v) is 18.9. The van der Waals surface area contributed by atoms with Gasteiger partial charge in [-0.1, -0.05) is 23.4 Å². The lowest BCUT2D eigenvalue weighted by atomic mass is 10.1. The SMILES string of the molecule is COc1ccc(CN2CCN(C(=O)c3ccccc3SCc3nc(C)no3)CC2)cc1F. The molecule has 0 N–H and O–H groups in total. The number of nitrogens with zero attached hydrogens (tertiary/aromatic N) is 4. The highest BCUT2D eigenvalue weighted by atomic mass is 32.2. The molecule has 4 rings (SSSR count). The van der Waals surface area contributed by atoms with E-state index in [0.717, 1.165) is 23.5 Å². The van der Waals surface area contributed by atoms with Crippen molar-refractivity contribution in [2.45, 2.75) is 24.1 Å². The molecule has 1 aliphatic rings. The molecule has 0 saturated carbocycles. The van der Waals surface area contributed by atoms with Crippen LogP contribution in [-0.4, -0.2) is 59.1 Å². The Hall–Kier alpha value is -2.91. The highest BCUT2D eigenvalue weighted by Crippen LogP contribution is 2.27. The van der Waals surface area contributed by atoms with E-state index < -0.39 is 0 Å². The second-order valence-corrected chi connectivity index (χ2v) is 8.57. The number of thioether (sulfide) groups is 1. The van der Waals surface area contributed by atoms with Gasteiger partial charge in [-0.2, -0.15) is 4.98 Å². The van der Waals surface area contributed by atoms with Gasteiger partial charge in [0.2, 0.25) is 5.89 Å². The van der Waals surface area contributed by atoms with Gasteiger partial charge >= 0.3 is 0 Å². The van der Waals surface area contributed by atoms with Crippen LogP contribution in [0.5, 0.6) is 5.75 Å². The summed E-state index contributed by atoms with van der Waals surface area (Å²) >= 11 is 1.51.